The molecule has 7 heteroatoms. The van der Waals surface area contributed by atoms with Crippen LogP contribution < -0.4 is 4.53 Å². The Labute approximate surface area is 109 Å². The molecule has 0 fully saturated rings. The van der Waals surface area contributed by atoms with Gasteiger partial charge in [0.1, 0.15) is 0 Å². The summed E-state index contributed by atoms with van der Waals surface area (Å²) in [6, 6.07) is 11.3. The van der Waals surface area contributed by atoms with Crippen LogP contribution in [0.4, 0.5) is 10.3 Å². The zero-order chi connectivity index (χ0) is 13.9. The number of aliphatic hydroxyl groups excluding tert-OH is 1. The highest BCUT2D eigenvalue weighted by atomic mass is 32.2. The maximum Gasteiger partial charge on any atom is 0.292 e. The third-order valence-electron chi connectivity index (χ3n) is 2.39. The summed E-state index contributed by atoms with van der Waals surface area (Å²) in [4.78, 5) is 3.53. The molecule has 0 spiro atoms. The van der Waals surface area contributed by atoms with Gasteiger partial charge in [-0.05, 0) is 24.3 Å². The number of benzene rings is 1. The van der Waals surface area contributed by atoms with Gasteiger partial charge < -0.3 is 5.11 Å². The molecule has 2 aromatic rings. The molecule has 0 bridgehead atoms. The van der Waals surface area contributed by atoms with Gasteiger partial charge in [-0.3, -0.25) is 0 Å². The number of nitrogens with zero attached hydrogens (tertiary/aromatic N) is 2. The first-order valence-corrected chi connectivity index (χ1v) is 6.82. The van der Waals surface area contributed by atoms with E-state index in [0.717, 1.165) is 0 Å². The average Bonchev–Trinajstić information content (AvgIpc) is 2.47. The fourth-order valence-corrected chi connectivity index (χ4v) is 2.50. The van der Waals surface area contributed by atoms with Crippen LogP contribution in [0.15, 0.2) is 53.4 Å². The van der Waals surface area contributed by atoms with E-state index >= 15 is 0 Å². The van der Waals surface area contributed by atoms with E-state index in [0.29, 0.717) is 0 Å². The van der Waals surface area contributed by atoms with Crippen molar-refractivity contribution in [2.45, 2.75) is 11.5 Å². The number of hydrogen-bond acceptors (Lipinski definition) is 4. The van der Waals surface area contributed by atoms with E-state index in [1.807, 2.05) is 0 Å². The molecule has 0 saturated carbocycles. The van der Waals surface area contributed by atoms with Gasteiger partial charge in [-0.15, -0.1) is 0 Å². The van der Waals surface area contributed by atoms with Crippen molar-refractivity contribution in [2.75, 3.05) is 4.53 Å². The number of sulfonamides is 1. The molecule has 0 aliphatic heterocycles. The summed E-state index contributed by atoms with van der Waals surface area (Å²) in [5.74, 6) is -0.393. The van der Waals surface area contributed by atoms with Crippen LogP contribution in [0.1, 0.15) is 5.69 Å². The van der Waals surface area contributed by atoms with E-state index in [9.17, 15) is 12.9 Å². The predicted molar refractivity (Wildman–Crippen MR) is 67.4 cm³/mol. The van der Waals surface area contributed by atoms with Crippen LogP contribution in [0, 0.1) is 0 Å². The molecule has 0 radical (unpaired) electrons. The highest BCUT2D eigenvalue weighted by Crippen LogP contribution is 2.22. The fourth-order valence-electron chi connectivity index (χ4n) is 1.46. The molecule has 0 saturated heterocycles. The van der Waals surface area contributed by atoms with E-state index in [1.54, 1.807) is 6.07 Å². The second-order valence-electron chi connectivity index (χ2n) is 3.68. The quantitative estimate of drug-likeness (QED) is 0.866. The molecule has 0 atom stereocenters. The lowest BCUT2D eigenvalue weighted by Gasteiger charge is -2.13. The molecule has 0 aliphatic rings. The number of halogens is 1. The maximum atomic E-state index is 14.0. The summed E-state index contributed by atoms with van der Waals surface area (Å²) >= 11 is 0. The Morgan fingerprint density at radius 1 is 1.11 bits per heavy atom. The molecule has 2 rings (SSSR count). The first-order valence-electron chi connectivity index (χ1n) is 5.38. The van der Waals surface area contributed by atoms with E-state index in [2.05, 4.69) is 4.98 Å². The second kappa shape index (κ2) is 5.33. The van der Waals surface area contributed by atoms with Gasteiger partial charge in [0.15, 0.2) is 5.82 Å². The van der Waals surface area contributed by atoms with Gasteiger partial charge in [0.05, 0.1) is 17.2 Å². The minimum atomic E-state index is -4.29. The van der Waals surface area contributed by atoms with Gasteiger partial charge in [0.25, 0.3) is 10.0 Å². The predicted octanol–water partition coefficient (Wildman–Crippen LogP) is 1.65. The summed E-state index contributed by atoms with van der Waals surface area (Å²) < 4.78 is 37.6. The van der Waals surface area contributed by atoms with E-state index in [4.69, 9.17) is 5.11 Å². The Kier molecular flexibility index (Phi) is 3.77. The highest BCUT2D eigenvalue weighted by Gasteiger charge is 2.26. The lowest BCUT2D eigenvalue weighted by Crippen LogP contribution is -2.23. The Morgan fingerprint density at radius 3 is 2.42 bits per heavy atom. The number of aromatic nitrogens is 1. The molecular weight excluding hydrogens is 271 g/mol. The third kappa shape index (κ3) is 2.72. The summed E-state index contributed by atoms with van der Waals surface area (Å²) in [6.07, 6.45) is 0. The molecular formula is C12H11FN2O3S. The first-order chi connectivity index (χ1) is 9.05. The molecule has 19 heavy (non-hydrogen) atoms. The van der Waals surface area contributed by atoms with Crippen molar-refractivity contribution in [3.05, 3.63) is 54.2 Å². The molecule has 0 unspecified atom stereocenters. The van der Waals surface area contributed by atoms with Crippen molar-refractivity contribution in [3.63, 3.8) is 0 Å². The number of rotatable bonds is 4. The van der Waals surface area contributed by atoms with Crippen molar-refractivity contribution in [1.82, 2.24) is 4.98 Å². The normalized spacial score (nSPS) is 11.3. The summed E-state index contributed by atoms with van der Waals surface area (Å²) in [6.45, 7) is -0.396. The van der Waals surface area contributed by atoms with Crippen molar-refractivity contribution >= 4 is 15.8 Å². The van der Waals surface area contributed by atoms with Gasteiger partial charge >= 0.3 is 0 Å². The third-order valence-corrected chi connectivity index (χ3v) is 3.86. The van der Waals surface area contributed by atoms with Crippen molar-refractivity contribution in [2.24, 2.45) is 0 Å². The minimum Gasteiger partial charge on any atom is -0.390 e. The minimum absolute atomic E-state index is 0.172. The average molecular weight is 282 g/mol. The standard InChI is InChI=1S/C12H11FN2O3S/c13-15(12-8-4-5-10(9-16)14-12)19(17,18)11-6-2-1-3-7-11/h1-8,16H,9H2. The van der Waals surface area contributed by atoms with Crippen LogP contribution in [-0.4, -0.2) is 18.5 Å². The van der Waals surface area contributed by atoms with E-state index in [1.165, 1.54) is 42.5 Å². The number of hydrogen-bond donors (Lipinski definition) is 1. The lowest BCUT2D eigenvalue weighted by atomic mass is 10.3. The topological polar surface area (TPSA) is 70.5 Å². The Hall–Kier alpha value is -1.99. The van der Waals surface area contributed by atoms with Crippen molar-refractivity contribution in [1.29, 1.82) is 0 Å². The SMILES string of the molecule is O=S(=O)(c1ccccc1)N(F)c1cccc(CO)n1. The summed E-state index contributed by atoms with van der Waals surface area (Å²) in [5, 5.41) is 8.91. The summed E-state index contributed by atoms with van der Waals surface area (Å²) in [5.41, 5.74) is 0.184. The fraction of sp³-hybridized carbons (Fsp3) is 0.0833. The van der Waals surface area contributed by atoms with Crippen LogP contribution in [0.25, 0.3) is 0 Å². The second-order valence-corrected chi connectivity index (χ2v) is 5.42. The smallest absolute Gasteiger partial charge is 0.292 e. The van der Waals surface area contributed by atoms with Gasteiger partial charge in [0.2, 0.25) is 0 Å². The van der Waals surface area contributed by atoms with Crippen LogP contribution in [-0.2, 0) is 16.6 Å². The monoisotopic (exact) mass is 282 g/mol. The Morgan fingerprint density at radius 2 is 1.79 bits per heavy atom. The Balaban J connectivity index is 2.40. The highest BCUT2D eigenvalue weighted by molar-refractivity contribution is 7.92. The molecule has 0 aliphatic carbocycles. The molecule has 1 N–H and O–H groups in total. The van der Waals surface area contributed by atoms with E-state index in [-0.39, 0.29) is 10.6 Å². The molecule has 1 heterocycles. The number of pyridine rings is 1. The zero-order valence-corrected chi connectivity index (χ0v) is 10.6. The van der Waals surface area contributed by atoms with Crippen LogP contribution in [0.3, 0.4) is 0 Å². The van der Waals surface area contributed by atoms with Crippen LogP contribution >= 0.6 is 0 Å². The molecule has 1 aromatic heterocycles. The summed E-state index contributed by atoms with van der Waals surface area (Å²) in [7, 11) is -4.29. The van der Waals surface area contributed by atoms with Gasteiger partial charge in [-0.2, -0.15) is 8.42 Å². The zero-order valence-electron chi connectivity index (χ0n) is 9.77. The van der Waals surface area contributed by atoms with E-state index < -0.39 is 27.0 Å². The first kappa shape index (κ1) is 13.4. The molecule has 1 aromatic carbocycles. The van der Waals surface area contributed by atoms with Crippen LogP contribution in [0.2, 0.25) is 0 Å². The molecule has 100 valence electrons. The largest absolute Gasteiger partial charge is 0.390 e. The number of anilines is 1. The molecule has 0 amide bonds. The maximum absolute atomic E-state index is 14.0. The van der Waals surface area contributed by atoms with Crippen LogP contribution in [0.5, 0.6) is 0 Å². The van der Waals surface area contributed by atoms with Gasteiger partial charge in [-0.25, -0.2) is 4.98 Å². The van der Waals surface area contributed by atoms with Crippen molar-refractivity contribution in [3.8, 4) is 0 Å². The number of aliphatic hydroxyl groups is 1. The lowest BCUT2D eigenvalue weighted by molar-refractivity contribution is 0.276. The van der Waals surface area contributed by atoms with Crippen molar-refractivity contribution < 1.29 is 18.0 Å². The van der Waals surface area contributed by atoms with Gasteiger partial charge in [-0.1, -0.05) is 33.3 Å². The molecule has 5 nitrogen and oxygen atoms in total. The van der Waals surface area contributed by atoms with Gasteiger partial charge in [0, 0.05) is 0 Å². The Bertz CT molecular complexity index is 662.